The number of carbonyl (C=O) groups is 1. The fourth-order valence-corrected chi connectivity index (χ4v) is 3.06. The fourth-order valence-electron chi connectivity index (χ4n) is 1.73. The van der Waals surface area contributed by atoms with Gasteiger partial charge in [0.2, 0.25) is 10.0 Å². The van der Waals surface area contributed by atoms with Crippen molar-refractivity contribution in [2.45, 2.75) is 17.4 Å². The minimum Gasteiger partial charge on any atom is -0.550 e. The molecule has 8 heteroatoms. The molecule has 0 amide bonds. The number of carboxylic acid groups (broad SMARTS) is 1. The monoisotopic (exact) mass is 328 g/mol. The Labute approximate surface area is 126 Å². The summed E-state index contributed by atoms with van der Waals surface area (Å²) in [5.74, 6) is -1.20. The highest BCUT2D eigenvalue weighted by molar-refractivity contribution is 7.89. The van der Waals surface area contributed by atoms with Gasteiger partial charge < -0.3 is 14.3 Å². The van der Waals surface area contributed by atoms with E-state index in [0.29, 0.717) is 5.02 Å². The van der Waals surface area contributed by atoms with Crippen LogP contribution in [0, 0.1) is 0 Å². The van der Waals surface area contributed by atoms with E-state index in [4.69, 9.17) is 16.0 Å². The number of carboxylic acids is 1. The highest BCUT2D eigenvalue weighted by Gasteiger charge is 2.23. The molecule has 1 aromatic heterocycles. The van der Waals surface area contributed by atoms with Gasteiger partial charge >= 0.3 is 0 Å². The molecule has 0 saturated carbocycles. The summed E-state index contributed by atoms with van der Waals surface area (Å²) in [7, 11) is -3.91. The summed E-state index contributed by atoms with van der Waals surface area (Å²) in [5, 5.41) is 11.2. The molecule has 1 N–H and O–H groups in total. The fraction of sp³-hybridized carbons (Fsp3) is 0.154. The zero-order valence-electron chi connectivity index (χ0n) is 10.7. The first-order chi connectivity index (χ1) is 9.88. The van der Waals surface area contributed by atoms with Crippen LogP contribution in [-0.2, 0) is 14.8 Å². The van der Waals surface area contributed by atoms with Gasteiger partial charge in [0.25, 0.3) is 0 Å². The molecule has 1 aromatic carbocycles. The molecule has 0 radical (unpaired) electrons. The molecule has 1 heterocycles. The van der Waals surface area contributed by atoms with Gasteiger partial charge in [-0.3, -0.25) is 0 Å². The molecular formula is C13H11ClNO5S-. The molecule has 2 aromatic rings. The summed E-state index contributed by atoms with van der Waals surface area (Å²) in [6.45, 7) is 0. The van der Waals surface area contributed by atoms with Gasteiger partial charge in [0.1, 0.15) is 5.76 Å². The molecule has 6 nitrogen and oxygen atoms in total. The maximum atomic E-state index is 12.2. The van der Waals surface area contributed by atoms with E-state index in [2.05, 4.69) is 4.72 Å². The number of sulfonamides is 1. The third-order valence-electron chi connectivity index (χ3n) is 2.68. The first-order valence-electron chi connectivity index (χ1n) is 5.89. The topological polar surface area (TPSA) is 99.4 Å². The number of benzene rings is 1. The van der Waals surface area contributed by atoms with Crippen molar-refractivity contribution in [1.29, 1.82) is 0 Å². The first-order valence-corrected chi connectivity index (χ1v) is 7.76. The van der Waals surface area contributed by atoms with Crippen molar-refractivity contribution < 1.29 is 22.7 Å². The van der Waals surface area contributed by atoms with Gasteiger partial charge in [0, 0.05) is 17.4 Å². The van der Waals surface area contributed by atoms with Crippen LogP contribution in [0.3, 0.4) is 0 Å². The van der Waals surface area contributed by atoms with E-state index >= 15 is 0 Å². The Morgan fingerprint density at radius 2 is 1.95 bits per heavy atom. The molecule has 0 aliphatic carbocycles. The van der Waals surface area contributed by atoms with Gasteiger partial charge in [-0.25, -0.2) is 13.1 Å². The lowest BCUT2D eigenvalue weighted by atomic mass is 10.2. The summed E-state index contributed by atoms with van der Waals surface area (Å²) in [5.41, 5.74) is 0. The number of carbonyl (C=O) groups excluding carboxylic acids is 1. The van der Waals surface area contributed by atoms with Gasteiger partial charge in [-0.15, -0.1) is 0 Å². The number of furan rings is 1. The second-order valence-corrected chi connectivity index (χ2v) is 6.37. The lowest BCUT2D eigenvalue weighted by Crippen LogP contribution is -2.34. The molecule has 21 heavy (non-hydrogen) atoms. The van der Waals surface area contributed by atoms with E-state index < -0.39 is 28.5 Å². The van der Waals surface area contributed by atoms with E-state index in [-0.39, 0.29) is 10.7 Å². The molecule has 0 spiro atoms. The molecule has 112 valence electrons. The highest BCUT2D eigenvalue weighted by Crippen LogP contribution is 2.21. The Morgan fingerprint density at radius 3 is 2.48 bits per heavy atom. The third-order valence-corrected chi connectivity index (χ3v) is 4.42. The van der Waals surface area contributed by atoms with E-state index in [1.807, 2.05) is 0 Å². The first kappa shape index (κ1) is 15.6. The van der Waals surface area contributed by atoms with Crippen molar-refractivity contribution in [3.05, 3.63) is 53.4 Å². The molecular weight excluding hydrogens is 318 g/mol. The molecule has 0 bridgehead atoms. The Morgan fingerprint density at radius 1 is 1.29 bits per heavy atom. The Bertz CT molecular complexity index is 710. The largest absolute Gasteiger partial charge is 0.550 e. The smallest absolute Gasteiger partial charge is 0.241 e. The SMILES string of the molecule is O=C([O-])C[C@H](NS(=O)(=O)c1ccc(Cl)cc1)c1ccco1. The van der Waals surface area contributed by atoms with Crippen molar-refractivity contribution in [2.24, 2.45) is 0 Å². The lowest BCUT2D eigenvalue weighted by Gasteiger charge is -2.17. The van der Waals surface area contributed by atoms with Crippen molar-refractivity contribution in [3.8, 4) is 0 Å². The van der Waals surface area contributed by atoms with E-state index in [0.717, 1.165) is 0 Å². The van der Waals surface area contributed by atoms with Crippen molar-refractivity contribution in [1.82, 2.24) is 4.72 Å². The predicted molar refractivity (Wildman–Crippen MR) is 72.8 cm³/mol. The predicted octanol–water partition coefficient (Wildman–Crippen LogP) is 1.09. The molecule has 0 aliphatic rings. The number of halogens is 1. The zero-order valence-corrected chi connectivity index (χ0v) is 12.2. The van der Waals surface area contributed by atoms with Crippen molar-refractivity contribution in [2.75, 3.05) is 0 Å². The summed E-state index contributed by atoms with van der Waals surface area (Å²) < 4.78 is 31.8. The molecule has 0 fully saturated rings. The minimum absolute atomic E-state index is 0.0261. The van der Waals surface area contributed by atoms with Crippen molar-refractivity contribution in [3.63, 3.8) is 0 Å². The molecule has 0 aliphatic heterocycles. The Hall–Kier alpha value is -1.83. The number of rotatable bonds is 6. The van der Waals surface area contributed by atoms with Crippen LogP contribution in [0.25, 0.3) is 0 Å². The number of hydrogen-bond donors (Lipinski definition) is 1. The standard InChI is InChI=1S/C13H12ClNO5S/c14-9-3-5-10(6-4-9)21(18,19)15-11(8-13(16)17)12-2-1-7-20-12/h1-7,11,15H,8H2,(H,16,17)/p-1/t11-/m0/s1. The number of hydrogen-bond acceptors (Lipinski definition) is 5. The van der Waals surface area contributed by atoms with Crippen LogP contribution in [0.15, 0.2) is 52.0 Å². The van der Waals surface area contributed by atoms with Crippen LogP contribution in [0.2, 0.25) is 5.02 Å². The Balaban J connectivity index is 2.27. The van der Waals surface area contributed by atoms with Gasteiger partial charge in [-0.1, -0.05) is 11.6 Å². The molecule has 0 saturated heterocycles. The summed E-state index contributed by atoms with van der Waals surface area (Å²) in [4.78, 5) is 10.7. The quantitative estimate of drug-likeness (QED) is 0.855. The number of nitrogens with one attached hydrogen (secondary N) is 1. The van der Waals surface area contributed by atoms with Gasteiger partial charge in [-0.2, -0.15) is 0 Å². The van der Waals surface area contributed by atoms with Crippen LogP contribution in [-0.4, -0.2) is 14.4 Å². The molecule has 0 unspecified atom stereocenters. The molecule has 2 rings (SSSR count). The average molecular weight is 329 g/mol. The normalized spacial score (nSPS) is 13.0. The maximum absolute atomic E-state index is 12.2. The molecule has 1 atom stereocenters. The van der Waals surface area contributed by atoms with Gasteiger partial charge in [0.15, 0.2) is 0 Å². The van der Waals surface area contributed by atoms with Crippen LogP contribution in [0.1, 0.15) is 18.2 Å². The summed E-state index contributed by atoms with van der Waals surface area (Å²) in [6, 6.07) is 7.47. The van der Waals surface area contributed by atoms with E-state index in [9.17, 15) is 18.3 Å². The van der Waals surface area contributed by atoms with E-state index in [1.54, 1.807) is 0 Å². The Kier molecular flexibility index (Phi) is 4.66. The lowest BCUT2D eigenvalue weighted by molar-refractivity contribution is -0.306. The highest BCUT2D eigenvalue weighted by atomic mass is 35.5. The second kappa shape index (κ2) is 6.30. The summed E-state index contributed by atoms with van der Waals surface area (Å²) in [6.07, 6.45) is 0.786. The average Bonchev–Trinajstić information content (AvgIpc) is 2.91. The second-order valence-electron chi connectivity index (χ2n) is 4.22. The minimum atomic E-state index is -3.91. The summed E-state index contributed by atoms with van der Waals surface area (Å²) >= 11 is 5.70. The van der Waals surface area contributed by atoms with Crippen LogP contribution in [0.5, 0.6) is 0 Å². The van der Waals surface area contributed by atoms with Crippen LogP contribution < -0.4 is 9.83 Å². The van der Waals surface area contributed by atoms with E-state index in [1.165, 1.54) is 42.7 Å². The third kappa shape index (κ3) is 4.07. The van der Waals surface area contributed by atoms with Crippen LogP contribution in [0.4, 0.5) is 0 Å². The maximum Gasteiger partial charge on any atom is 0.241 e. The van der Waals surface area contributed by atoms with Gasteiger partial charge in [0.05, 0.1) is 17.2 Å². The van der Waals surface area contributed by atoms with Crippen LogP contribution >= 0.6 is 11.6 Å². The van der Waals surface area contributed by atoms with Gasteiger partial charge in [-0.05, 0) is 36.4 Å². The zero-order chi connectivity index (χ0) is 15.5. The number of aliphatic carboxylic acids is 1. The van der Waals surface area contributed by atoms with Crippen molar-refractivity contribution >= 4 is 27.6 Å².